The third-order valence-corrected chi connectivity index (χ3v) is 1.86. The fourth-order valence-electron chi connectivity index (χ4n) is 1.04. The monoisotopic (exact) mass is 292 g/mol. The molecule has 0 spiro atoms. The highest BCUT2D eigenvalue weighted by atomic mass is 35.5. The molecular weight excluding hydrogens is 288 g/mol. The Kier molecular flexibility index (Phi) is 3.99. The van der Waals surface area contributed by atoms with Gasteiger partial charge in [-0.1, -0.05) is 11.6 Å². The maximum Gasteiger partial charge on any atom is 0.434 e. The van der Waals surface area contributed by atoms with Gasteiger partial charge in [-0.15, -0.1) is 0 Å². The molecule has 1 aromatic rings. The summed E-state index contributed by atoms with van der Waals surface area (Å²) in [5, 5.41) is -0.381. The van der Waals surface area contributed by atoms with Crippen LogP contribution in [0.4, 0.5) is 26.3 Å². The molecule has 0 fully saturated rings. The molecule has 0 aliphatic rings. The molecule has 1 heterocycles. The van der Waals surface area contributed by atoms with E-state index in [4.69, 9.17) is 11.6 Å². The number of aromatic nitrogens is 1. The van der Waals surface area contributed by atoms with Crippen molar-refractivity contribution in [3.05, 3.63) is 22.8 Å². The standard InChI is InChI=1S/C9H5ClF6NO/c1-4-2-5(10)17-6(3-4)18-7(8(11,12)13)9(14,15)16/h3,7H,1H3. The van der Waals surface area contributed by atoms with Crippen LogP contribution < -0.4 is 4.74 Å². The van der Waals surface area contributed by atoms with Crippen LogP contribution in [0.25, 0.3) is 0 Å². The van der Waals surface area contributed by atoms with Crippen LogP contribution in [0.3, 0.4) is 0 Å². The van der Waals surface area contributed by atoms with Gasteiger partial charge in [0.2, 0.25) is 5.88 Å². The number of hydrogen-bond acceptors (Lipinski definition) is 2. The van der Waals surface area contributed by atoms with Gasteiger partial charge in [0.15, 0.2) is 0 Å². The third-order valence-electron chi connectivity index (χ3n) is 1.68. The Hall–Kier alpha value is -1.18. The smallest absolute Gasteiger partial charge is 0.434 e. The Morgan fingerprint density at radius 2 is 1.72 bits per heavy atom. The van der Waals surface area contributed by atoms with E-state index in [2.05, 4.69) is 15.8 Å². The normalized spacial score (nSPS) is 12.9. The Labute approximate surface area is 103 Å². The lowest BCUT2D eigenvalue weighted by Crippen LogP contribution is -2.46. The molecule has 0 atom stereocenters. The highest BCUT2D eigenvalue weighted by Crippen LogP contribution is 2.36. The summed E-state index contributed by atoms with van der Waals surface area (Å²) in [6.07, 6.45) is -15.1. The van der Waals surface area contributed by atoms with Crippen molar-refractivity contribution in [2.75, 3.05) is 0 Å². The first kappa shape index (κ1) is 14.9. The zero-order valence-corrected chi connectivity index (χ0v) is 9.41. The van der Waals surface area contributed by atoms with E-state index in [9.17, 15) is 26.3 Å². The highest BCUT2D eigenvalue weighted by molar-refractivity contribution is 6.29. The maximum absolute atomic E-state index is 12.2. The second-order valence-electron chi connectivity index (χ2n) is 3.27. The second-order valence-corrected chi connectivity index (χ2v) is 3.63. The zero-order chi connectivity index (χ0) is 14.1. The van der Waals surface area contributed by atoms with Crippen molar-refractivity contribution in [2.45, 2.75) is 25.4 Å². The molecule has 0 aromatic carbocycles. The van der Waals surface area contributed by atoms with Crippen molar-refractivity contribution >= 4 is 11.6 Å². The van der Waals surface area contributed by atoms with E-state index in [0.29, 0.717) is 0 Å². The van der Waals surface area contributed by atoms with Gasteiger partial charge in [-0.2, -0.15) is 26.3 Å². The summed E-state index contributed by atoms with van der Waals surface area (Å²) in [5.74, 6) is -0.865. The van der Waals surface area contributed by atoms with Gasteiger partial charge in [0.25, 0.3) is 6.10 Å². The van der Waals surface area contributed by atoms with Gasteiger partial charge in [-0.05, 0) is 12.5 Å². The molecule has 0 saturated heterocycles. The second kappa shape index (κ2) is 4.83. The van der Waals surface area contributed by atoms with Crippen LogP contribution in [0.5, 0.6) is 5.88 Å². The van der Waals surface area contributed by atoms with Crippen LogP contribution in [-0.2, 0) is 0 Å². The van der Waals surface area contributed by atoms with E-state index < -0.39 is 24.3 Å². The molecule has 9 heteroatoms. The molecule has 1 radical (unpaired) electrons. The molecule has 0 unspecified atom stereocenters. The van der Waals surface area contributed by atoms with Gasteiger partial charge >= 0.3 is 12.4 Å². The summed E-state index contributed by atoms with van der Waals surface area (Å²) in [6, 6.07) is 3.24. The molecule has 1 rings (SSSR count). The summed E-state index contributed by atoms with van der Waals surface area (Å²) in [5.41, 5.74) is 0.202. The fourth-order valence-corrected chi connectivity index (χ4v) is 1.27. The van der Waals surface area contributed by atoms with Gasteiger partial charge in [-0.25, -0.2) is 4.98 Å². The first-order valence-corrected chi connectivity index (χ1v) is 4.74. The van der Waals surface area contributed by atoms with Crippen LogP contribution in [0.1, 0.15) is 5.56 Å². The van der Waals surface area contributed by atoms with E-state index in [1.165, 1.54) is 6.92 Å². The van der Waals surface area contributed by atoms with Gasteiger partial charge in [0, 0.05) is 12.1 Å². The average Bonchev–Trinajstić information content (AvgIpc) is 2.08. The van der Waals surface area contributed by atoms with Crippen LogP contribution in [0, 0.1) is 13.0 Å². The Bertz CT molecular complexity index is 396. The summed E-state index contributed by atoms with van der Waals surface area (Å²) in [6.45, 7) is 1.37. The summed E-state index contributed by atoms with van der Waals surface area (Å²) < 4.78 is 77.0. The van der Waals surface area contributed by atoms with E-state index >= 15 is 0 Å². The number of ether oxygens (including phenoxy) is 1. The van der Waals surface area contributed by atoms with Crippen molar-refractivity contribution in [1.29, 1.82) is 0 Å². The van der Waals surface area contributed by atoms with Gasteiger partial charge in [0.1, 0.15) is 5.15 Å². The Morgan fingerprint density at radius 1 is 1.22 bits per heavy atom. The van der Waals surface area contributed by atoms with Crippen LogP contribution >= 0.6 is 11.6 Å². The minimum Gasteiger partial charge on any atom is -0.455 e. The molecule has 0 saturated carbocycles. The maximum atomic E-state index is 12.2. The lowest BCUT2D eigenvalue weighted by atomic mass is 10.3. The Morgan fingerprint density at radius 3 is 2.11 bits per heavy atom. The topological polar surface area (TPSA) is 22.1 Å². The predicted octanol–water partition coefficient (Wildman–Crippen LogP) is 3.72. The van der Waals surface area contributed by atoms with Crippen LogP contribution in [0.15, 0.2) is 6.07 Å². The Balaban J connectivity index is 3.04. The molecule has 101 valence electrons. The van der Waals surface area contributed by atoms with Crippen molar-refractivity contribution in [2.24, 2.45) is 0 Å². The van der Waals surface area contributed by atoms with E-state index in [1.807, 2.05) is 0 Å². The number of nitrogens with zero attached hydrogens (tertiary/aromatic N) is 1. The van der Waals surface area contributed by atoms with Gasteiger partial charge < -0.3 is 4.74 Å². The quantitative estimate of drug-likeness (QED) is 0.612. The minimum absolute atomic E-state index is 0.202. The first-order valence-electron chi connectivity index (χ1n) is 4.36. The van der Waals surface area contributed by atoms with E-state index in [0.717, 1.165) is 6.07 Å². The number of rotatable bonds is 2. The zero-order valence-electron chi connectivity index (χ0n) is 8.66. The van der Waals surface area contributed by atoms with Gasteiger partial charge in [-0.3, -0.25) is 0 Å². The van der Waals surface area contributed by atoms with Crippen molar-refractivity contribution in [3.63, 3.8) is 0 Å². The number of hydrogen-bond donors (Lipinski definition) is 0. The summed E-state index contributed by atoms with van der Waals surface area (Å²) in [4.78, 5) is 3.19. The largest absolute Gasteiger partial charge is 0.455 e. The molecule has 18 heavy (non-hydrogen) atoms. The average molecular weight is 293 g/mol. The van der Waals surface area contributed by atoms with Crippen LogP contribution in [0.2, 0.25) is 5.15 Å². The van der Waals surface area contributed by atoms with Crippen molar-refractivity contribution < 1.29 is 31.1 Å². The number of halogens is 7. The van der Waals surface area contributed by atoms with Crippen LogP contribution in [-0.4, -0.2) is 23.4 Å². The molecule has 1 aromatic heterocycles. The number of alkyl halides is 6. The minimum atomic E-state index is -5.60. The number of pyridine rings is 1. The summed E-state index contributed by atoms with van der Waals surface area (Å²) in [7, 11) is 0. The van der Waals surface area contributed by atoms with E-state index in [-0.39, 0.29) is 10.7 Å². The molecule has 0 amide bonds. The molecular formula is C9H5ClF6NO. The van der Waals surface area contributed by atoms with Crippen molar-refractivity contribution in [1.82, 2.24) is 4.98 Å². The first-order chi connectivity index (χ1) is 8.00. The number of aryl methyl sites for hydroxylation is 1. The highest BCUT2D eigenvalue weighted by Gasteiger charge is 2.59. The van der Waals surface area contributed by atoms with E-state index in [1.54, 1.807) is 0 Å². The SMILES string of the molecule is Cc1[c]c(Cl)nc(OC(C(F)(F)F)C(F)(F)F)c1. The van der Waals surface area contributed by atoms with Crippen molar-refractivity contribution in [3.8, 4) is 5.88 Å². The molecule has 0 bridgehead atoms. The molecule has 2 nitrogen and oxygen atoms in total. The summed E-state index contributed by atoms with van der Waals surface area (Å²) >= 11 is 5.35. The molecule has 0 aliphatic carbocycles. The molecule has 0 aliphatic heterocycles. The van der Waals surface area contributed by atoms with Gasteiger partial charge in [0.05, 0.1) is 0 Å². The fraction of sp³-hybridized carbons (Fsp3) is 0.444. The third kappa shape index (κ3) is 3.94. The molecule has 0 N–H and O–H groups in total. The lowest BCUT2D eigenvalue weighted by Gasteiger charge is -2.23. The lowest BCUT2D eigenvalue weighted by molar-refractivity contribution is -0.300. The predicted molar refractivity (Wildman–Crippen MR) is 49.3 cm³/mol.